The number of imide groups is 1. The lowest BCUT2D eigenvalue weighted by atomic mass is 10.0. The minimum Gasteiger partial charge on any atom is -0.439 e. The van der Waals surface area contributed by atoms with Gasteiger partial charge in [-0.15, -0.1) is 0 Å². The summed E-state index contributed by atoms with van der Waals surface area (Å²) in [6.07, 6.45) is -0.692. The van der Waals surface area contributed by atoms with Crippen molar-refractivity contribution in [1.29, 1.82) is 0 Å². The van der Waals surface area contributed by atoms with Gasteiger partial charge in [0.2, 0.25) is 0 Å². The second-order valence-corrected chi connectivity index (χ2v) is 6.94. The first-order chi connectivity index (χ1) is 14.6. The Morgan fingerprint density at radius 2 is 1.47 bits per heavy atom. The van der Waals surface area contributed by atoms with Crippen LogP contribution in [0, 0.1) is 0 Å². The van der Waals surface area contributed by atoms with Gasteiger partial charge in [0.15, 0.2) is 6.61 Å². The summed E-state index contributed by atoms with van der Waals surface area (Å²) in [6.45, 7) is -0.259. The highest BCUT2D eigenvalue weighted by Crippen LogP contribution is 2.21. The Balaban J connectivity index is 1.53. The summed E-state index contributed by atoms with van der Waals surface area (Å²) < 4.78 is 4.78. The monoisotopic (exact) mass is 400 g/mol. The number of amides is 3. The van der Waals surface area contributed by atoms with Gasteiger partial charge in [-0.3, -0.25) is 9.59 Å². The molecule has 3 aromatic carbocycles. The third-order valence-corrected chi connectivity index (χ3v) is 4.97. The summed E-state index contributed by atoms with van der Waals surface area (Å²) in [4.78, 5) is 37.7. The molecule has 1 aliphatic rings. The summed E-state index contributed by atoms with van der Waals surface area (Å²) in [5.74, 6) is -0.703. The van der Waals surface area contributed by atoms with E-state index in [4.69, 9.17) is 4.74 Å². The van der Waals surface area contributed by atoms with E-state index in [9.17, 15) is 14.4 Å². The predicted octanol–water partition coefficient (Wildman–Crippen LogP) is 3.80. The molecule has 6 nitrogen and oxygen atoms in total. The van der Waals surface area contributed by atoms with E-state index in [-0.39, 0.29) is 19.1 Å². The Kier molecular flexibility index (Phi) is 5.57. The number of ether oxygens (including phenoxy) is 1. The summed E-state index contributed by atoms with van der Waals surface area (Å²) in [5.41, 5.74) is 3.36. The second-order valence-electron chi connectivity index (χ2n) is 6.94. The van der Waals surface area contributed by atoms with Gasteiger partial charge in [0.1, 0.15) is 0 Å². The lowest BCUT2D eigenvalue weighted by Crippen LogP contribution is -2.40. The molecule has 30 heavy (non-hydrogen) atoms. The molecule has 1 atom stereocenters. The van der Waals surface area contributed by atoms with Gasteiger partial charge < -0.3 is 10.1 Å². The van der Waals surface area contributed by atoms with E-state index in [0.29, 0.717) is 5.56 Å². The molecule has 1 fully saturated rings. The Morgan fingerprint density at radius 3 is 2.07 bits per heavy atom. The standard InChI is InChI=1S/C24H20N2O4/c27-22-16-30-24(29)26(22)15-21(19-9-5-2-6-10-19)25-23(28)20-13-11-18(12-14-20)17-7-3-1-4-8-17/h1-14,21H,15-16H2,(H,25,28). The molecule has 0 bridgehead atoms. The number of benzene rings is 3. The van der Waals surface area contributed by atoms with Crippen molar-refractivity contribution in [1.82, 2.24) is 10.2 Å². The normalized spacial score (nSPS) is 14.3. The van der Waals surface area contributed by atoms with Crippen molar-refractivity contribution in [3.63, 3.8) is 0 Å². The number of hydrogen-bond donors (Lipinski definition) is 1. The Hall–Kier alpha value is -3.93. The maximum Gasteiger partial charge on any atom is 0.417 e. The van der Waals surface area contributed by atoms with Gasteiger partial charge in [0.05, 0.1) is 12.6 Å². The van der Waals surface area contributed by atoms with Crippen LogP contribution in [0.15, 0.2) is 84.9 Å². The Labute approximate surface area is 174 Å². The molecular formula is C24H20N2O4. The zero-order chi connectivity index (χ0) is 20.9. The highest BCUT2D eigenvalue weighted by molar-refractivity contribution is 5.98. The summed E-state index contributed by atoms with van der Waals surface area (Å²) in [7, 11) is 0. The van der Waals surface area contributed by atoms with Crippen LogP contribution in [0.4, 0.5) is 4.79 Å². The van der Waals surface area contributed by atoms with Crippen molar-refractivity contribution in [2.75, 3.05) is 13.2 Å². The molecule has 1 aliphatic heterocycles. The van der Waals surface area contributed by atoms with Crippen molar-refractivity contribution in [3.8, 4) is 11.1 Å². The van der Waals surface area contributed by atoms with E-state index in [1.54, 1.807) is 12.1 Å². The minimum absolute atomic E-state index is 0.00944. The molecule has 1 unspecified atom stereocenters. The summed E-state index contributed by atoms with van der Waals surface area (Å²) in [5, 5.41) is 2.94. The van der Waals surface area contributed by atoms with E-state index < -0.39 is 18.0 Å². The average molecular weight is 400 g/mol. The van der Waals surface area contributed by atoms with Crippen LogP contribution in [0.1, 0.15) is 22.0 Å². The Bertz CT molecular complexity index is 1030. The zero-order valence-electron chi connectivity index (χ0n) is 16.2. The van der Waals surface area contributed by atoms with Crippen LogP contribution in [0.3, 0.4) is 0 Å². The molecule has 0 aliphatic carbocycles. The van der Waals surface area contributed by atoms with Crippen molar-refractivity contribution in [2.45, 2.75) is 6.04 Å². The maximum absolute atomic E-state index is 12.9. The summed E-state index contributed by atoms with van der Waals surface area (Å²) >= 11 is 0. The van der Waals surface area contributed by atoms with Crippen molar-refractivity contribution in [2.24, 2.45) is 0 Å². The van der Waals surface area contributed by atoms with E-state index >= 15 is 0 Å². The fourth-order valence-electron chi connectivity index (χ4n) is 3.35. The SMILES string of the molecule is O=C(NC(CN1C(=O)COC1=O)c1ccccc1)c1ccc(-c2ccccc2)cc1. The van der Waals surface area contributed by atoms with Gasteiger partial charge in [-0.25, -0.2) is 9.69 Å². The highest BCUT2D eigenvalue weighted by atomic mass is 16.6. The molecule has 1 N–H and O–H groups in total. The van der Waals surface area contributed by atoms with E-state index in [1.807, 2.05) is 72.8 Å². The molecule has 4 rings (SSSR count). The number of rotatable bonds is 6. The van der Waals surface area contributed by atoms with E-state index in [0.717, 1.165) is 21.6 Å². The number of carbonyl (C=O) groups excluding carboxylic acids is 3. The fourth-order valence-corrected chi connectivity index (χ4v) is 3.35. The largest absolute Gasteiger partial charge is 0.439 e. The van der Waals surface area contributed by atoms with Gasteiger partial charge in [-0.05, 0) is 28.8 Å². The van der Waals surface area contributed by atoms with Gasteiger partial charge >= 0.3 is 6.09 Å². The predicted molar refractivity (Wildman–Crippen MR) is 112 cm³/mol. The lowest BCUT2D eigenvalue weighted by Gasteiger charge is -2.23. The number of hydrogen-bond acceptors (Lipinski definition) is 4. The molecule has 3 aromatic rings. The fraction of sp³-hybridized carbons (Fsp3) is 0.125. The number of nitrogens with zero attached hydrogens (tertiary/aromatic N) is 1. The topological polar surface area (TPSA) is 75.7 Å². The molecule has 0 radical (unpaired) electrons. The van der Waals surface area contributed by atoms with Crippen LogP contribution in [-0.4, -0.2) is 36.0 Å². The van der Waals surface area contributed by atoms with Gasteiger partial charge in [0.25, 0.3) is 11.8 Å². The first kappa shape index (κ1) is 19.4. The van der Waals surface area contributed by atoms with Crippen molar-refractivity contribution < 1.29 is 19.1 Å². The smallest absolute Gasteiger partial charge is 0.417 e. The van der Waals surface area contributed by atoms with Crippen LogP contribution in [0.5, 0.6) is 0 Å². The Morgan fingerprint density at radius 1 is 0.867 bits per heavy atom. The second kappa shape index (κ2) is 8.61. The van der Waals surface area contributed by atoms with Crippen LogP contribution < -0.4 is 5.32 Å². The number of nitrogens with one attached hydrogen (secondary N) is 1. The summed E-state index contributed by atoms with van der Waals surface area (Å²) in [6, 6.07) is 25.9. The molecule has 0 saturated carbocycles. The minimum atomic E-state index is -0.692. The zero-order valence-corrected chi connectivity index (χ0v) is 16.2. The van der Waals surface area contributed by atoms with Crippen LogP contribution in [-0.2, 0) is 9.53 Å². The highest BCUT2D eigenvalue weighted by Gasteiger charge is 2.33. The molecule has 1 saturated heterocycles. The van der Waals surface area contributed by atoms with E-state index in [2.05, 4.69) is 5.32 Å². The third-order valence-electron chi connectivity index (χ3n) is 4.97. The van der Waals surface area contributed by atoms with Crippen LogP contribution >= 0.6 is 0 Å². The third kappa shape index (κ3) is 4.22. The maximum atomic E-state index is 12.9. The van der Waals surface area contributed by atoms with Gasteiger partial charge in [-0.1, -0.05) is 72.8 Å². The van der Waals surface area contributed by atoms with Crippen LogP contribution in [0.2, 0.25) is 0 Å². The van der Waals surface area contributed by atoms with Gasteiger partial charge in [-0.2, -0.15) is 0 Å². The first-order valence-electron chi connectivity index (χ1n) is 9.60. The van der Waals surface area contributed by atoms with Crippen molar-refractivity contribution >= 4 is 17.9 Å². The number of cyclic esters (lactones) is 1. The average Bonchev–Trinajstić information content (AvgIpc) is 3.12. The molecular weight excluding hydrogens is 380 g/mol. The first-order valence-corrected chi connectivity index (χ1v) is 9.60. The van der Waals surface area contributed by atoms with Crippen LogP contribution in [0.25, 0.3) is 11.1 Å². The molecule has 6 heteroatoms. The molecule has 0 spiro atoms. The lowest BCUT2D eigenvalue weighted by molar-refractivity contribution is -0.126. The quantitative estimate of drug-likeness (QED) is 0.683. The number of carbonyl (C=O) groups is 3. The molecule has 0 aromatic heterocycles. The molecule has 150 valence electrons. The van der Waals surface area contributed by atoms with Gasteiger partial charge in [0, 0.05) is 5.56 Å². The van der Waals surface area contributed by atoms with E-state index in [1.165, 1.54) is 0 Å². The van der Waals surface area contributed by atoms with Crippen molar-refractivity contribution in [3.05, 3.63) is 96.1 Å². The molecule has 3 amide bonds. The molecule has 1 heterocycles.